The van der Waals surface area contributed by atoms with Gasteiger partial charge in [-0.25, -0.2) is 4.79 Å². The van der Waals surface area contributed by atoms with Crippen LogP contribution < -0.4 is 5.32 Å². The summed E-state index contributed by atoms with van der Waals surface area (Å²) in [5, 5.41) is 11.9. The maximum Gasteiger partial charge on any atom is 0.317 e. The van der Waals surface area contributed by atoms with Gasteiger partial charge in [0.2, 0.25) is 0 Å². The molecule has 5 heteroatoms. The van der Waals surface area contributed by atoms with Gasteiger partial charge in [0.05, 0.1) is 18.2 Å². The van der Waals surface area contributed by atoms with E-state index in [1.54, 1.807) is 7.11 Å². The Morgan fingerprint density at radius 1 is 1.43 bits per heavy atom. The van der Waals surface area contributed by atoms with Gasteiger partial charge in [0.1, 0.15) is 0 Å². The van der Waals surface area contributed by atoms with Crippen molar-refractivity contribution in [3.63, 3.8) is 0 Å². The lowest BCUT2D eigenvalue weighted by molar-refractivity contribution is 0.0189. The molecule has 1 saturated heterocycles. The van der Waals surface area contributed by atoms with Crippen LogP contribution in [0.25, 0.3) is 0 Å². The summed E-state index contributed by atoms with van der Waals surface area (Å²) < 4.78 is 5.69. The van der Waals surface area contributed by atoms with Crippen molar-refractivity contribution in [2.75, 3.05) is 20.2 Å². The Balaban J connectivity index is 1.40. The smallest absolute Gasteiger partial charge is 0.317 e. The second-order valence-corrected chi connectivity index (χ2v) is 7.49. The highest BCUT2D eigenvalue weighted by atomic mass is 16.5. The number of amides is 2. The number of carbonyl (C=O) groups is 1. The first-order valence-corrected chi connectivity index (χ1v) is 8.12. The molecule has 1 heterocycles. The molecule has 2 bridgehead atoms. The fourth-order valence-corrected chi connectivity index (χ4v) is 5.08. The minimum absolute atomic E-state index is 0.0568. The van der Waals surface area contributed by atoms with E-state index in [1.165, 1.54) is 12.8 Å². The molecule has 4 rings (SSSR count). The number of carbonyl (C=O) groups excluding carboxylic acids is 1. The Bertz CT molecular complexity index is 494. The minimum Gasteiger partial charge on any atom is -0.379 e. The molecule has 114 valence electrons. The van der Waals surface area contributed by atoms with Crippen LogP contribution in [0.4, 0.5) is 4.79 Å². The van der Waals surface area contributed by atoms with Crippen molar-refractivity contribution < 1.29 is 9.53 Å². The van der Waals surface area contributed by atoms with Gasteiger partial charge in [-0.2, -0.15) is 5.26 Å². The zero-order chi connectivity index (χ0) is 14.6. The Morgan fingerprint density at radius 3 is 2.90 bits per heavy atom. The van der Waals surface area contributed by atoms with Crippen molar-refractivity contribution in [1.82, 2.24) is 10.2 Å². The number of rotatable bonds is 4. The molecule has 0 radical (unpaired) electrons. The monoisotopic (exact) mass is 289 g/mol. The van der Waals surface area contributed by atoms with Gasteiger partial charge in [0.15, 0.2) is 0 Å². The number of nitrogens with one attached hydrogen (secondary N) is 1. The largest absolute Gasteiger partial charge is 0.379 e. The summed E-state index contributed by atoms with van der Waals surface area (Å²) >= 11 is 0. The SMILES string of the molecule is CO[C@@H]1[C@H]2C[C@@H]3CN(C(=O)NCC4(CC#N)CC4)[C@H]1[C@H]3C2. The zero-order valence-corrected chi connectivity index (χ0v) is 12.5. The highest BCUT2D eigenvalue weighted by molar-refractivity contribution is 5.75. The summed E-state index contributed by atoms with van der Waals surface area (Å²) in [5.41, 5.74) is 0.0714. The Kier molecular flexibility index (Phi) is 2.94. The second-order valence-electron chi connectivity index (χ2n) is 7.49. The van der Waals surface area contributed by atoms with E-state index in [-0.39, 0.29) is 23.6 Å². The van der Waals surface area contributed by atoms with E-state index >= 15 is 0 Å². The standard InChI is InChI=1S/C16H23N3O2/c1-21-14-10-6-11-8-19(13(14)12(11)7-10)15(20)18-9-16(2-3-16)4-5-17/h10-14H,2-4,6-9H2,1H3,(H,18,20)/t10-,11+,12-,13-,14+/m0/s1. The zero-order valence-electron chi connectivity index (χ0n) is 12.5. The highest BCUT2D eigenvalue weighted by Crippen LogP contribution is 2.55. The van der Waals surface area contributed by atoms with Crippen molar-refractivity contribution in [1.29, 1.82) is 5.26 Å². The maximum atomic E-state index is 12.6. The Morgan fingerprint density at radius 2 is 2.24 bits per heavy atom. The van der Waals surface area contributed by atoms with E-state index in [4.69, 9.17) is 10.00 Å². The molecule has 0 aromatic heterocycles. The number of methoxy groups -OCH3 is 1. The Labute approximate surface area is 125 Å². The molecular weight excluding hydrogens is 266 g/mol. The first kappa shape index (κ1) is 13.4. The summed E-state index contributed by atoms with van der Waals surface area (Å²) in [6.45, 7) is 1.54. The maximum absolute atomic E-state index is 12.6. The predicted octanol–water partition coefficient (Wildman–Crippen LogP) is 1.75. The number of fused-ring (bicyclic) bond motifs is 1. The van der Waals surface area contributed by atoms with Crippen molar-refractivity contribution in [2.45, 2.75) is 44.2 Å². The fourth-order valence-electron chi connectivity index (χ4n) is 5.08. The number of ether oxygens (including phenoxy) is 1. The van der Waals surface area contributed by atoms with Crippen LogP contribution in [0.1, 0.15) is 32.1 Å². The van der Waals surface area contributed by atoms with Gasteiger partial charge in [-0.15, -0.1) is 0 Å². The fraction of sp³-hybridized carbons (Fsp3) is 0.875. The van der Waals surface area contributed by atoms with Crippen LogP contribution in [-0.2, 0) is 4.74 Å². The van der Waals surface area contributed by atoms with Gasteiger partial charge in [0, 0.05) is 32.0 Å². The number of nitriles is 1. The molecule has 3 saturated carbocycles. The lowest BCUT2D eigenvalue weighted by Crippen LogP contribution is -2.49. The van der Waals surface area contributed by atoms with Crippen LogP contribution in [0, 0.1) is 34.5 Å². The molecule has 1 N–H and O–H groups in total. The predicted molar refractivity (Wildman–Crippen MR) is 76.3 cm³/mol. The van der Waals surface area contributed by atoms with Crippen LogP contribution in [0.15, 0.2) is 0 Å². The van der Waals surface area contributed by atoms with E-state index in [1.807, 2.05) is 4.90 Å². The average molecular weight is 289 g/mol. The lowest BCUT2D eigenvalue weighted by atomic mass is 9.88. The van der Waals surface area contributed by atoms with E-state index in [0.29, 0.717) is 30.7 Å². The number of hydrogen-bond donors (Lipinski definition) is 1. The second kappa shape index (κ2) is 4.61. The van der Waals surface area contributed by atoms with E-state index in [9.17, 15) is 4.79 Å². The van der Waals surface area contributed by atoms with Gasteiger partial charge in [-0.1, -0.05) is 0 Å². The molecule has 4 fully saturated rings. The number of urea groups is 1. The summed E-state index contributed by atoms with van der Waals surface area (Å²) in [7, 11) is 1.78. The van der Waals surface area contributed by atoms with Crippen LogP contribution in [0.5, 0.6) is 0 Å². The van der Waals surface area contributed by atoms with Crippen molar-refractivity contribution in [3.05, 3.63) is 0 Å². The van der Waals surface area contributed by atoms with Crippen LogP contribution in [-0.4, -0.2) is 43.3 Å². The molecule has 0 unspecified atom stereocenters. The molecule has 5 nitrogen and oxygen atoms in total. The van der Waals surface area contributed by atoms with Gasteiger partial charge < -0.3 is 15.0 Å². The quantitative estimate of drug-likeness (QED) is 0.857. The average Bonchev–Trinajstić information content (AvgIpc) is 2.86. The molecule has 3 aliphatic carbocycles. The third-order valence-electron chi connectivity index (χ3n) is 6.38. The van der Waals surface area contributed by atoms with E-state index in [2.05, 4.69) is 11.4 Å². The Hall–Kier alpha value is -1.28. The first-order valence-electron chi connectivity index (χ1n) is 8.12. The van der Waals surface area contributed by atoms with Crippen LogP contribution in [0.2, 0.25) is 0 Å². The van der Waals surface area contributed by atoms with Crippen molar-refractivity contribution in [2.24, 2.45) is 23.2 Å². The third-order valence-corrected chi connectivity index (χ3v) is 6.38. The summed E-state index contributed by atoms with van der Waals surface area (Å²) in [5.74, 6) is 1.99. The minimum atomic E-state index is 0.0568. The van der Waals surface area contributed by atoms with Gasteiger partial charge >= 0.3 is 6.03 Å². The molecule has 5 atom stereocenters. The van der Waals surface area contributed by atoms with E-state index in [0.717, 1.165) is 19.4 Å². The third kappa shape index (κ3) is 1.96. The van der Waals surface area contributed by atoms with Crippen LogP contribution in [0.3, 0.4) is 0 Å². The molecule has 1 aliphatic heterocycles. The first-order chi connectivity index (χ1) is 10.2. The summed E-state index contributed by atoms with van der Waals surface area (Å²) in [4.78, 5) is 14.6. The topological polar surface area (TPSA) is 65.4 Å². The molecule has 0 aromatic rings. The van der Waals surface area contributed by atoms with Gasteiger partial charge in [0.25, 0.3) is 0 Å². The molecule has 0 aromatic carbocycles. The molecule has 2 amide bonds. The molecule has 4 aliphatic rings. The number of likely N-dealkylation sites (tertiary alicyclic amines) is 1. The normalized spacial score (nSPS) is 41.1. The van der Waals surface area contributed by atoms with Gasteiger partial charge in [-0.3, -0.25) is 0 Å². The lowest BCUT2D eigenvalue weighted by Gasteiger charge is -2.31. The van der Waals surface area contributed by atoms with Crippen molar-refractivity contribution >= 4 is 6.03 Å². The molecule has 0 spiro atoms. The number of nitrogens with zero attached hydrogens (tertiary/aromatic N) is 2. The van der Waals surface area contributed by atoms with E-state index < -0.39 is 0 Å². The summed E-state index contributed by atoms with van der Waals surface area (Å²) in [6.07, 6.45) is 5.38. The van der Waals surface area contributed by atoms with Crippen molar-refractivity contribution in [3.8, 4) is 6.07 Å². The highest BCUT2D eigenvalue weighted by Gasteiger charge is 2.60. The van der Waals surface area contributed by atoms with Crippen LogP contribution >= 0.6 is 0 Å². The number of hydrogen-bond acceptors (Lipinski definition) is 3. The molecule has 21 heavy (non-hydrogen) atoms. The molecular formula is C16H23N3O2. The van der Waals surface area contributed by atoms with Gasteiger partial charge in [-0.05, 0) is 43.4 Å². The summed E-state index contributed by atoms with van der Waals surface area (Å²) in [6, 6.07) is 2.58.